The Hall–Kier alpha value is -1.35. The third kappa shape index (κ3) is 1.95. The number of aryl methyl sites for hydroxylation is 1. The Morgan fingerprint density at radius 2 is 2.12 bits per heavy atom. The molecule has 17 heavy (non-hydrogen) atoms. The lowest BCUT2D eigenvalue weighted by molar-refractivity contribution is 0.375. The van der Waals surface area contributed by atoms with Gasteiger partial charge in [-0.3, -0.25) is 0 Å². The van der Waals surface area contributed by atoms with Crippen molar-refractivity contribution < 1.29 is 0 Å². The van der Waals surface area contributed by atoms with E-state index in [4.69, 9.17) is 10.7 Å². The first-order valence-corrected chi connectivity index (χ1v) is 6.46. The molecule has 0 amide bonds. The summed E-state index contributed by atoms with van der Waals surface area (Å²) in [6.45, 7) is 2.10. The number of rotatable bonds is 1. The molecule has 2 aromatic rings. The Labute approximate surface area is 101 Å². The van der Waals surface area contributed by atoms with Crippen LogP contribution in [0.4, 0.5) is 0 Å². The van der Waals surface area contributed by atoms with Gasteiger partial charge in [0.05, 0.1) is 11.0 Å². The average molecular weight is 229 g/mol. The lowest BCUT2D eigenvalue weighted by Gasteiger charge is -2.26. The summed E-state index contributed by atoms with van der Waals surface area (Å²) in [6.07, 6.45) is 4.83. The van der Waals surface area contributed by atoms with E-state index >= 15 is 0 Å². The molecule has 1 aliphatic rings. The summed E-state index contributed by atoms with van der Waals surface area (Å²) in [7, 11) is 0. The van der Waals surface area contributed by atoms with E-state index in [1.165, 1.54) is 24.8 Å². The van der Waals surface area contributed by atoms with Crippen molar-refractivity contribution in [3.05, 3.63) is 29.6 Å². The van der Waals surface area contributed by atoms with Gasteiger partial charge in [0.15, 0.2) is 0 Å². The van der Waals surface area contributed by atoms with E-state index in [1.807, 2.05) is 0 Å². The average Bonchev–Trinajstić information content (AvgIpc) is 2.72. The molecular formula is C14H19N3. The van der Waals surface area contributed by atoms with Gasteiger partial charge in [0, 0.05) is 12.0 Å². The van der Waals surface area contributed by atoms with Gasteiger partial charge in [0.25, 0.3) is 0 Å². The van der Waals surface area contributed by atoms with Crippen molar-refractivity contribution in [2.24, 2.45) is 5.73 Å². The number of H-pyrrole nitrogens is 1. The second kappa shape index (κ2) is 4.15. The van der Waals surface area contributed by atoms with Crippen LogP contribution in [0.2, 0.25) is 0 Å². The molecule has 2 atom stereocenters. The molecule has 3 N–H and O–H groups in total. The van der Waals surface area contributed by atoms with E-state index in [9.17, 15) is 0 Å². The fourth-order valence-electron chi connectivity index (χ4n) is 2.82. The monoisotopic (exact) mass is 229 g/mol. The summed E-state index contributed by atoms with van der Waals surface area (Å²) in [5.41, 5.74) is 9.66. The van der Waals surface area contributed by atoms with Crippen LogP contribution in [0, 0.1) is 6.92 Å². The quantitative estimate of drug-likeness (QED) is 0.790. The number of nitrogens with one attached hydrogen (secondary N) is 1. The predicted molar refractivity (Wildman–Crippen MR) is 70.0 cm³/mol. The van der Waals surface area contributed by atoms with Crippen LogP contribution < -0.4 is 5.73 Å². The van der Waals surface area contributed by atoms with Crippen molar-refractivity contribution in [1.29, 1.82) is 0 Å². The van der Waals surface area contributed by atoms with Crippen LogP contribution in [0.1, 0.15) is 43.0 Å². The molecule has 90 valence electrons. The molecule has 0 spiro atoms. The summed E-state index contributed by atoms with van der Waals surface area (Å²) < 4.78 is 0. The second-order valence-corrected chi connectivity index (χ2v) is 5.20. The molecule has 3 heteroatoms. The van der Waals surface area contributed by atoms with E-state index in [0.717, 1.165) is 23.3 Å². The highest BCUT2D eigenvalue weighted by Gasteiger charge is 2.25. The van der Waals surface area contributed by atoms with Crippen molar-refractivity contribution in [3.63, 3.8) is 0 Å². The van der Waals surface area contributed by atoms with Crippen LogP contribution in [-0.2, 0) is 0 Å². The van der Waals surface area contributed by atoms with Gasteiger partial charge < -0.3 is 10.7 Å². The van der Waals surface area contributed by atoms with E-state index in [0.29, 0.717) is 5.92 Å². The highest BCUT2D eigenvalue weighted by atomic mass is 14.9. The Balaban J connectivity index is 1.99. The number of nitrogens with zero attached hydrogens (tertiary/aromatic N) is 1. The van der Waals surface area contributed by atoms with Gasteiger partial charge in [-0.05, 0) is 37.5 Å². The normalized spacial score (nSPS) is 25.3. The number of fused-ring (bicyclic) bond motifs is 1. The molecule has 0 bridgehead atoms. The smallest absolute Gasteiger partial charge is 0.111 e. The molecule has 2 unspecified atom stereocenters. The summed E-state index contributed by atoms with van der Waals surface area (Å²) in [5, 5.41) is 0. The summed E-state index contributed by atoms with van der Waals surface area (Å²) >= 11 is 0. The molecule has 1 fully saturated rings. The molecule has 1 aromatic carbocycles. The summed E-state index contributed by atoms with van der Waals surface area (Å²) in [5.74, 6) is 1.49. The minimum Gasteiger partial charge on any atom is -0.342 e. The minimum absolute atomic E-state index is 0.269. The maximum Gasteiger partial charge on any atom is 0.111 e. The zero-order chi connectivity index (χ0) is 11.8. The zero-order valence-electron chi connectivity index (χ0n) is 10.2. The van der Waals surface area contributed by atoms with Crippen LogP contribution >= 0.6 is 0 Å². The highest BCUT2D eigenvalue weighted by Crippen LogP contribution is 2.31. The van der Waals surface area contributed by atoms with Gasteiger partial charge >= 0.3 is 0 Å². The highest BCUT2D eigenvalue weighted by molar-refractivity contribution is 5.75. The molecule has 0 aliphatic heterocycles. The molecule has 3 nitrogen and oxygen atoms in total. The lowest BCUT2D eigenvalue weighted by Crippen LogP contribution is -2.31. The van der Waals surface area contributed by atoms with Gasteiger partial charge in [-0.2, -0.15) is 0 Å². The molecule has 1 heterocycles. The third-order valence-electron chi connectivity index (χ3n) is 3.83. The van der Waals surface area contributed by atoms with Crippen LogP contribution in [-0.4, -0.2) is 16.0 Å². The maximum atomic E-state index is 6.20. The van der Waals surface area contributed by atoms with Crippen LogP contribution in [0.5, 0.6) is 0 Å². The Morgan fingerprint density at radius 1 is 1.29 bits per heavy atom. The molecule has 1 aromatic heterocycles. The first-order valence-electron chi connectivity index (χ1n) is 6.46. The molecule has 1 saturated carbocycles. The van der Waals surface area contributed by atoms with Gasteiger partial charge in [-0.25, -0.2) is 4.98 Å². The Bertz CT molecular complexity index is 529. The predicted octanol–water partition coefficient (Wildman–Crippen LogP) is 2.86. The first-order chi connectivity index (χ1) is 8.24. The Morgan fingerprint density at radius 3 is 2.94 bits per heavy atom. The maximum absolute atomic E-state index is 6.20. The summed E-state index contributed by atoms with van der Waals surface area (Å²) in [4.78, 5) is 8.14. The Kier molecular flexibility index (Phi) is 2.63. The third-order valence-corrected chi connectivity index (χ3v) is 3.83. The zero-order valence-corrected chi connectivity index (χ0v) is 10.2. The van der Waals surface area contributed by atoms with Gasteiger partial charge in [-0.1, -0.05) is 18.9 Å². The van der Waals surface area contributed by atoms with Crippen molar-refractivity contribution in [2.45, 2.75) is 44.6 Å². The van der Waals surface area contributed by atoms with E-state index < -0.39 is 0 Å². The van der Waals surface area contributed by atoms with E-state index in [2.05, 4.69) is 30.1 Å². The van der Waals surface area contributed by atoms with Crippen molar-refractivity contribution >= 4 is 11.0 Å². The van der Waals surface area contributed by atoms with Crippen LogP contribution in [0.25, 0.3) is 11.0 Å². The number of aromatic nitrogens is 2. The van der Waals surface area contributed by atoms with Crippen LogP contribution in [0.15, 0.2) is 18.2 Å². The minimum atomic E-state index is 0.269. The van der Waals surface area contributed by atoms with Crippen molar-refractivity contribution in [2.75, 3.05) is 0 Å². The lowest BCUT2D eigenvalue weighted by atomic mass is 9.84. The molecule has 3 rings (SSSR count). The number of nitrogens with two attached hydrogens (primary N) is 1. The second-order valence-electron chi connectivity index (χ2n) is 5.20. The number of imidazole rings is 1. The van der Waals surface area contributed by atoms with E-state index in [1.54, 1.807) is 0 Å². The summed E-state index contributed by atoms with van der Waals surface area (Å²) in [6, 6.07) is 6.61. The molecule has 0 saturated heterocycles. The number of hydrogen-bond acceptors (Lipinski definition) is 2. The van der Waals surface area contributed by atoms with Crippen molar-refractivity contribution in [1.82, 2.24) is 9.97 Å². The van der Waals surface area contributed by atoms with Gasteiger partial charge in [-0.15, -0.1) is 0 Å². The van der Waals surface area contributed by atoms with E-state index in [-0.39, 0.29) is 6.04 Å². The molecule has 0 radical (unpaired) electrons. The fraction of sp³-hybridized carbons (Fsp3) is 0.500. The van der Waals surface area contributed by atoms with Crippen LogP contribution in [0.3, 0.4) is 0 Å². The van der Waals surface area contributed by atoms with Gasteiger partial charge in [0.2, 0.25) is 0 Å². The van der Waals surface area contributed by atoms with Crippen molar-refractivity contribution in [3.8, 4) is 0 Å². The topological polar surface area (TPSA) is 54.7 Å². The molecule has 1 aliphatic carbocycles. The largest absolute Gasteiger partial charge is 0.342 e. The first kappa shape index (κ1) is 10.8. The number of benzene rings is 1. The van der Waals surface area contributed by atoms with Gasteiger partial charge in [0.1, 0.15) is 5.82 Å². The standard InChI is InChI=1S/C14H19N3/c1-9-6-7-12-13(8-9)17-14(16-12)10-4-2-3-5-11(10)15/h6-8,10-11H,2-5,15H2,1H3,(H,16,17). The number of aromatic amines is 1. The SMILES string of the molecule is Cc1ccc2nc(C3CCCCC3N)[nH]c2c1. The molecular weight excluding hydrogens is 210 g/mol. The number of hydrogen-bond donors (Lipinski definition) is 2. The fourth-order valence-corrected chi connectivity index (χ4v) is 2.82.